The first kappa shape index (κ1) is 17.5. The van der Waals surface area contributed by atoms with Gasteiger partial charge >= 0.3 is 73.4 Å². The Hall–Kier alpha value is 1.15. The van der Waals surface area contributed by atoms with Crippen molar-refractivity contribution >= 4 is 18.5 Å². The fourth-order valence-corrected chi connectivity index (χ4v) is 5.35. The molecule has 3 nitrogen and oxygen atoms in total. The molecule has 0 heterocycles. The van der Waals surface area contributed by atoms with E-state index in [1.165, 1.54) is 25.7 Å². The van der Waals surface area contributed by atoms with Crippen LogP contribution >= 0.6 is 6.72 Å². The van der Waals surface area contributed by atoms with Crippen LogP contribution in [0.3, 0.4) is 0 Å². The van der Waals surface area contributed by atoms with Crippen molar-refractivity contribution in [2.45, 2.75) is 49.6 Å². The summed E-state index contributed by atoms with van der Waals surface area (Å²) in [7, 11) is 0. The molecule has 0 aromatic rings. The second kappa shape index (κ2) is 12.2. The number of rotatable bonds is 6. The van der Waals surface area contributed by atoms with E-state index in [4.69, 9.17) is 14.7 Å². The Morgan fingerprint density at radius 3 is 1.50 bits per heavy atom. The molecule has 14 heavy (non-hydrogen) atoms. The molecule has 0 bridgehead atoms. The molecule has 0 atom stereocenters. The van der Waals surface area contributed by atoms with E-state index in [-0.39, 0.29) is 17.1 Å². The van der Waals surface area contributed by atoms with Crippen molar-refractivity contribution in [2.24, 2.45) is 0 Å². The SMILES string of the molecule is CCC[CH2][Zn][CH2]CCC.OP(O)(O)=S. The van der Waals surface area contributed by atoms with Gasteiger partial charge in [0, 0.05) is 0 Å². The average molecular weight is 294 g/mol. The van der Waals surface area contributed by atoms with E-state index in [1.807, 2.05) is 0 Å². The van der Waals surface area contributed by atoms with Gasteiger partial charge in [0.1, 0.15) is 0 Å². The van der Waals surface area contributed by atoms with Gasteiger partial charge in [-0.1, -0.05) is 0 Å². The predicted molar refractivity (Wildman–Crippen MR) is 60.4 cm³/mol. The maximum absolute atomic E-state index is 7.56. The van der Waals surface area contributed by atoms with Gasteiger partial charge in [-0.2, -0.15) is 0 Å². The summed E-state index contributed by atoms with van der Waals surface area (Å²) in [6.07, 6.45) is 5.86. The Morgan fingerprint density at radius 1 is 1.00 bits per heavy atom. The third-order valence-corrected chi connectivity index (χ3v) is 5.90. The molecular weight excluding hydrogens is 273 g/mol. The van der Waals surface area contributed by atoms with E-state index >= 15 is 0 Å². The third-order valence-electron chi connectivity index (χ3n) is 1.71. The van der Waals surface area contributed by atoms with Crippen LogP contribution in [0.15, 0.2) is 0 Å². The van der Waals surface area contributed by atoms with Gasteiger partial charge in [0.15, 0.2) is 0 Å². The molecule has 0 aromatic carbocycles. The van der Waals surface area contributed by atoms with E-state index < -0.39 is 6.72 Å². The second-order valence-electron chi connectivity index (χ2n) is 3.28. The average Bonchev–Trinajstić information content (AvgIpc) is 2.01. The van der Waals surface area contributed by atoms with E-state index in [0.717, 1.165) is 0 Å². The summed E-state index contributed by atoms with van der Waals surface area (Å²) in [6.45, 7) is 0.782. The second-order valence-corrected chi connectivity index (χ2v) is 10.2. The molecule has 0 radical (unpaired) electrons. The Morgan fingerprint density at radius 2 is 1.29 bits per heavy atom. The van der Waals surface area contributed by atoms with Crippen LogP contribution in [-0.2, 0) is 28.9 Å². The van der Waals surface area contributed by atoms with Crippen molar-refractivity contribution in [3.63, 3.8) is 0 Å². The monoisotopic (exact) mass is 292 g/mol. The molecule has 0 aromatic heterocycles. The Labute approximate surface area is 99.8 Å². The Bertz CT molecular complexity index is 137. The van der Waals surface area contributed by atoms with Gasteiger partial charge in [0.25, 0.3) is 0 Å². The van der Waals surface area contributed by atoms with E-state index in [0.29, 0.717) is 0 Å². The van der Waals surface area contributed by atoms with Crippen molar-refractivity contribution in [1.82, 2.24) is 0 Å². The molecule has 0 amide bonds. The maximum atomic E-state index is 7.56. The molecular formula is C8H21O3PSZn. The summed E-state index contributed by atoms with van der Waals surface area (Å²) >= 11 is 3.62. The van der Waals surface area contributed by atoms with E-state index in [9.17, 15) is 0 Å². The molecule has 0 spiro atoms. The minimum absolute atomic E-state index is 0.0146. The summed E-state index contributed by atoms with van der Waals surface area (Å²) in [6, 6.07) is 0. The summed E-state index contributed by atoms with van der Waals surface area (Å²) in [5.74, 6) is 0. The summed E-state index contributed by atoms with van der Waals surface area (Å²) in [5, 5.41) is 3.28. The van der Waals surface area contributed by atoms with Crippen molar-refractivity contribution in [1.29, 1.82) is 0 Å². The Kier molecular flexibility index (Phi) is 15.3. The van der Waals surface area contributed by atoms with Crippen LogP contribution in [-0.4, -0.2) is 14.7 Å². The molecule has 6 heteroatoms. The van der Waals surface area contributed by atoms with Crippen molar-refractivity contribution in [2.75, 3.05) is 0 Å². The van der Waals surface area contributed by atoms with E-state index in [2.05, 4.69) is 25.7 Å². The molecule has 0 saturated heterocycles. The molecule has 0 rings (SSSR count). The minimum Gasteiger partial charge on any atom is -0.325 e. The van der Waals surface area contributed by atoms with Crippen LogP contribution in [0.1, 0.15) is 39.5 Å². The summed E-state index contributed by atoms with van der Waals surface area (Å²) in [4.78, 5) is 22.7. The largest absolute Gasteiger partial charge is 0.325 e. The molecule has 0 aliphatic rings. The van der Waals surface area contributed by atoms with Crippen LogP contribution in [0.25, 0.3) is 0 Å². The summed E-state index contributed by atoms with van der Waals surface area (Å²) < 4.78 is 0. The molecule has 0 aliphatic carbocycles. The molecule has 0 fully saturated rings. The number of hydrogen-bond donors (Lipinski definition) is 3. The van der Waals surface area contributed by atoms with Gasteiger partial charge in [-0.05, 0) is 11.8 Å². The molecule has 0 aliphatic heterocycles. The third kappa shape index (κ3) is 38.0. The number of unbranched alkanes of at least 4 members (excludes halogenated alkanes) is 2. The van der Waals surface area contributed by atoms with Gasteiger partial charge in [0.05, 0.1) is 0 Å². The molecule has 3 N–H and O–H groups in total. The van der Waals surface area contributed by atoms with Crippen molar-refractivity contribution < 1.29 is 31.8 Å². The Balaban J connectivity index is 0. The van der Waals surface area contributed by atoms with Crippen LogP contribution in [0.2, 0.25) is 10.0 Å². The predicted octanol–water partition coefficient (Wildman–Crippen LogP) is 2.69. The van der Waals surface area contributed by atoms with Crippen LogP contribution < -0.4 is 0 Å². The zero-order valence-corrected chi connectivity index (χ0v) is 13.8. The van der Waals surface area contributed by atoms with Gasteiger partial charge in [-0.3, -0.25) is 0 Å². The standard InChI is InChI=1S/2C4H9.H3O3PS.Zn/c2*1-3-4-2;1-4(2,3)5;/h2*1,3-4H2,2H3;(H3,1,2,3,5);. The van der Waals surface area contributed by atoms with Crippen LogP contribution in [0.5, 0.6) is 0 Å². The smallest absolute Gasteiger partial charge is 0.319 e. The van der Waals surface area contributed by atoms with Gasteiger partial charge in [-0.25, -0.2) is 0 Å². The van der Waals surface area contributed by atoms with Gasteiger partial charge in [-0.15, -0.1) is 0 Å². The van der Waals surface area contributed by atoms with Gasteiger partial charge in [0.2, 0.25) is 0 Å². The van der Waals surface area contributed by atoms with Crippen molar-refractivity contribution in [3.8, 4) is 0 Å². The van der Waals surface area contributed by atoms with Crippen LogP contribution in [0.4, 0.5) is 0 Å². The maximum Gasteiger partial charge on any atom is 0.319 e. The normalized spacial score (nSPS) is 10.1. The first-order valence-corrected chi connectivity index (χ1v) is 12.1. The fraction of sp³-hybridized carbons (Fsp3) is 1.00. The van der Waals surface area contributed by atoms with Crippen molar-refractivity contribution in [3.05, 3.63) is 0 Å². The molecule has 0 saturated carbocycles. The minimum atomic E-state index is -3.81. The van der Waals surface area contributed by atoms with Gasteiger partial charge < -0.3 is 14.7 Å². The fourth-order valence-electron chi connectivity index (χ4n) is 1.03. The molecule has 84 valence electrons. The zero-order chi connectivity index (χ0) is 11.4. The first-order chi connectivity index (χ1) is 6.41. The topological polar surface area (TPSA) is 60.7 Å². The number of hydrogen-bond acceptors (Lipinski definition) is 1. The quantitative estimate of drug-likeness (QED) is 0.400. The van der Waals surface area contributed by atoms with Crippen LogP contribution in [0, 0.1) is 0 Å². The molecule has 0 unspecified atom stereocenters. The summed E-state index contributed by atoms with van der Waals surface area (Å²) in [5.41, 5.74) is 0. The van der Waals surface area contributed by atoms with E-state index in [1.54, 1.807) is 10.0 Å². The first-order valence-electron chi connectivity index (χ1n) is 5.20. The zero-order valence-electron chi connectivity index (χ0n) is 9.15.